The third kappa shape index (κ3) is 4.94. The van der Waals surface area contributed by atoms with Gasteiger partial charge in [0, 0.05) is 6.08 Å². The zero-order valence-corrected chi connectivity index (χ0v) is 12.5. The minimum atomic E-state index is -1.75. The lowest BCUT2D eigenvalue weighted by Gasteiger charge is -2.37. The third-order valence-electron chi connectivity index (χ3n) is 2.99. The predicted octanol–water partition coefficient (Wildman–Crippen LogP) is 3.13. The van der Waals surface area contributed by atoms with Gasteiger partial charge in [-0.1, -0.05) is 26.8 Å². The smallest absolute Gasteiger partial charge is 0.330 e. The zero-order chi connectivity index (χ0) is 13.0. The molecule has 4 heteroatoms. The maximum absolute atomic E-state index is 10.9. The fourth-order valence-corrected chi connectivity index (χ4v) is 2.32. The standard InChI is InChI=1S/C12H24O3Si/c1-10(8-9-11(13)14-5)15-16(6,7)12(2,3)4/h8-10H,1-7H3/b9-8+/t10-/m0/s1. The molecule has 0 amide bonds. The number of hydrogen-bond donors (Lipinski definition) is 0. The molecule has 0 radical (unpaired) electrons. The van der Waals surface area contributed by atoms with E-state index in [1.165, 1.54) is 13.2 Å². The van der Waals surface area contributed by atoms with E-state index in [9.17, 15) is 4.79 Å². The first-order valence-electron chi connectivity index (χ1n) is 5.54. The van der Waals surface area contributed by atoms with E-state index in [1.54, 1.807) is 6.08 Å². The van der Waals surface area contributed by atoms with E-state index in [0.29, 0.717) is 0 Å². The molecule has 0 aromatic carbocycles. The van der Waals surface area contributed by atoms with Crippen LogP contribution in [0.4, 0.5) is 0 Å². The Balaban J connectivity index is 4.40. The minimum Gasteiger partial charge on any atom is -0.466 e. The zero-order valence-electron chi connectivity index (χ0n) is 11.5. The van der Waals surface area contributed by atoms with Gasteiger partial charge in [-0.25, -0.2) is 4.79 Å². The van der Waals surface area contributed by atoms with Gasteiger partial charge in [0.05, 0.1) is 13.2 Å². The van der Waals surface area contributed by atoms with Crippen LogP contribution < -0.4 is 0 Å². The molecule has 0 saturated heterocycles. The summed E-state index contributed by atoms with van der Waals surface area (Å²) in [5.74, 6) is -0.342. The van der Waals surface area contributed by atoms with E-state index in [2.05, 4.69) is 38.6 Å². The van der Waals surface area contributed by atoms with E-state index in [-0.39, 0.29) is 17.1 Å². The van der Waals surface area contributed by atoms with Crippen molar-refractivity contribution in [2.45, 2.75) is 51.9 Å². The minimum absolute atomic E-state index is 0.0556. The highest BCUT2D eigenvalue weighted by atomic mass is 28.4. The number of rotatable bonds is 4. The topological polar surface area (TPSA) is 35.5 Å². The predicted molar refractivity (Wildman–Crippen MR) is 68.9 cm³/mol. The molecule has 0 bridgehead atoms. The fraction of sp³-hybridized carbons (Fsp3) is 0.750. The molecule has 3 nitrogen and oxygen atoms in total. The van der Waals surface area contributed by atoms with E-state index in [1.807, 2.05) is 6.92 Å². The summed E-state index contributed by atoms with van der Waals surface area (Å²) in [6, 6.07) is 0. The van der Waals surface area contributed by atoms with Crippen LogP contribution in [0.25, 0.3) is 0 Å². The van der Waals surface area contributed by atoms with Crippen molar-refractivity contribution in [3.63, 3.8) is 0 Å². The first-order chi connectivity index (χ1) is 7.10. The molecule has 94 valence electrons. The Kier molecular flexibility index (Phi) is 5.42. The third-order valence-corrected chi connectivity index (χ3v) is 7.56. The highest BCUT2D eigenvalue weighted by Gasteiger charge is 2.37. The summed E-state index contributed by atoms with van der Waals surface area (Å²) >= 11 is 0. The molecule has 16 heavy (non-hydrogen) atoms. The molecule has 0 spiro atoms. The van der Waals surface area contributed by atoms with Crippen molar-refractivity contribution in [2.75, 3.05) is 7.11 Å². The van der Waals surface area contributed by atoms with Gasteiger partial charge < -0.3 is 9.16 Å². The van der Waals surface area contributed by atoms with Crippen LogP contribution in [0.15, 0.2) is 12.2 Å². The molecule has 0 N–H and O–H groups in total. The summed E-state index contributed by atoms with van der Waals surface area (Å²) in [4.78, 5) is 10.9. The van der Waals surface area contributed by atoms with Gasteiger partial charge in [-0.3, -0.25) is 0 Å². The normalized spacial score (nSPS) is 15.2. The van der Waals surface area contributed by atoms with Gasteiger partial charge in [-0.05, 0) is 25.1 Å². The van der Waals surface area contributed by atoms with Crippen molar-refractivity contribution in [2.24, 2.45) is 0 Å². The lowest BCUT2D eigenvalue weighted by atomic mass is 10.2. The molecule has 0 aliphatic rings. The second-order valence-electron chi connectivity index (χ2n) is 5.47. The number of carbonyl (C=O) groups is 1. The van der Waals surface area contributed by atoms with Gasteiger partial charge in [0.1, 0.15) is 0 Å². The Labute approximate surface area is 100.0 Å². The molecule has 0 unspecified atom stereocenters. The molecule has 0 aliphatic carbocycles. The Morgan fingerprint density at radius 1 is 1.31 bits per heavy atom. The van der Waals surface area contributed by atoms with Crippen LogP contribution in [-0.4, -0.2) is 27.5 Å². The number of ether oxygens (including phenoxy) is 1. The maximum atomic E-state index is 10.9. The summed E-state index contributed by atoms with van der Waals surface area (Å²) in [7, 11) is -0.386. The van der Waals surface area contributed by atoms with E-state index in [4.69, 9.17) is 4.43 Å². The molecule has 1 atom stereocenters. The molecular weight excluding hydrogens is 220 g/mol. The van der Waals surface area contributed by atoms with Crippen molar-refractivity contribution in [3.05, 3.63) is 12.2 Å². The second-order valence-corrected chi connectivity index (χ2v) is 10.2. The van der Waals surface area contributed by atoms with E-state index < -0.39 is 8.32 Å². The maximum Gasteiger partial charge on any atom is 0.330 e. The van der Waals surface area contributed by atoms with Crippen molar-refractivity contribution >= 4 is 14.3 Å². The lowest BCUT2D eigenvalue weighted by molar-refractivity contribution is -0.134. The molecule has 0 saturated carbocycles. The lowest BCUT2D eigenvalue weighted by Crippen LogP contribution is -2.42. The molecule has 0 heterocycles. The van der Waals surface area contributed by atoms with Gasteiger partial charge in [0.25, 0.3) is 0 Å². The van der Waals surface area contributed by atoms with Crippen LogP contribution in [0.1, 0.15) is 27.7 Å². The first kappa shape index (κ1) is 15.4. The summed E-state index contributed by atoms with van der Waals surface area (Å²) in [6.45, 7) is 12.9. The average Bonchev–Trinajstić information content (AvgIpc) is 2.11. The van der Waals surface area contributed by atoms with E-state index in [0.717, 1.165) is 0 Å². The summed E-state index contributed by atoms with van der Waals surface area (Å²) in [5.41, 5.74) is 0. The Morgan fingerprint density at radius 3 is 2.19 bits per heavy atom. The summed E-state index contributed by atoms with van der Waals surface area (Å²) in [6.07, 6.45) is 3.10. The largest absolute Gasteiger partial charge is 0.466 e. The SMILES string of the molecule is COC(=O)/C=C/[C@H](C)O[Si](C)(C)C(C)(C)C. The van der Waals surface area contributed by atoms with Crippen LogP contribution in [-0.2, 0) is 14.0 Å². The van der Waals surface area contributed by atoms with Crippen molar-refractivity contribution < 1.29 is 14.0 Å². The molecule has 0 rings (SSSR count). The highest BCUT2D eigenvalue weighted by molar-refractivity contribution is 6.74. The van der Waals surface area contributed by atoms with Crippen LogP contribution in [0.3, 0.4) is 0 Å². The van der Waals surface area contributed by atoms with Gasteiger partial charge in [-0.15, -0.1) is 0 Å². The van der Waals surface area contributed by atoms with Crippen molar-refractivity contribution in [1.82, 2.24) is 0 Å². The van der Waals surface area contributed by atoms with Crippen LogP contribution >= 0.6 is 0 Å². The Morgan fingerprint density at radius 2 is 1.81 bits per heavy atom. The molecule has 0 aliphatic heterocycles. The highest BCUT2D eigenvalue weighted by Crippen LogP contribution is 2.37. The second kappa shape index (κ2) is 5.64. The van der Waals surface area contributed by atoms with Crippen molar-refractivity contribution in [1.29, 1.82) is 0 Å². The van der Waals surface area contributed by atoms with Crippen LogP contribution in [0.2, 0.25) is 18.1 Å². The van der Waals surface area contributed by atoms with Crippen molar-refractivity contribution in [3.8, 4) is 0 Å². The number of methoxy groups -OCH3 is 1. The van der Waals surface area contributed by atoms with E-state index >= 15 is 0 Å². The molecular formula is C12H24O3Si. The Bertz CT molecular complexity index is 264. The van der Waals surface area contributed by atoms with Gasteiger partial charge >= 0.3 is 5.97 Å². The monoisotopic (exact) mass is 244 g/mol. The Hall–Kier alpha value is -0.613. The van der Waals surface area contributed by atoms with Gasteiger partial charge in [-0.2, -0.15) is 0 Å². The number of esters is 1. The van der Waals surface area contributed by atoms with Gasteiger partial charge in [0.15, 0.2) is 8.32 Å². The quantitative estimate of drug-likeness (QED) is 0.433. The molecule has 0 aromatic heterocycles. The first-order valence-corrected chi connectivity index (χ1v) is 8.45. The van der Waals surface area contributed by atoms with Gasteiger partial charge in [0.2, 0.25) is 0 Å². The van der Waals surface area contributed by atoms with Crippen LogP contribution in [0.5, 0.6) is 0 Å². The molecule has 0 aromatic rings. The summed E-state index contributed by atoms with van der Waals surface area (Å²) in [5, 5.41) is 0.181. The number of carbonyl (C=O) groups excluding carboxylic acids is 1. The van der Waals surface area contributed by atoms with Crippen LogP contribution in [0, 0.1) is 0 Å². The number of hydrogen-bond acceptors (Lipinski definition) is 3. The summed E-state index contributed by atoms with van der Waals surface area (Å²) < 4.78 is 10.6. The fourth-order valence-electron chi connectivity index (χ4n) is 0.963. The average molecular weight is 244 g/mol. The molecule has 0 fully saturated rings.